The Bertz CT molecular complexity index is 819. The van der Waals surface area contributed by atoms with Crippen LogP contribution in [0.1, 0.15) is 5.56 Å². The topological polar surface area (TPSA) is 63.1 Å². The summed E-state index contributed by atoms with van der Waals surface area (Å²) in [4.78, 5) is 19.9. The van der Waals surface area contributed by atoms with Crippen molar-refractivity contribution in [1.82, 2.24) is 9.97 Å². The fourth-order valence-corrected chi connectivity index (χ4v) is 2.58. The third kappa shape index (κ3) is 2.92. The third-order valence-corrected chi connectivity index (χ3v) is 3.62. The quantitative estimate of drug-likeness (QED) is 0.788. The Kier molecular flexibility index (Phi) is 3.66. The maximum Gasteiger partial charge on any atom is 0.307 e. The van der Waals surface area contributed by atoms with Crippen LogP contribution in [0.15, 0.2) is 53.1 Å². The molecule has 0 spiro atoms. The Morgan fingerprint density at radius 1 is 1.14 bits per heavy atom. The molecule has 0 aliphatic rings. The standard InChI is InChI=1S/C16H11BrN2O2/c17-11-4-5-12-10(8-16(20)21)7-15(19-14(12)9-11)13-3-1-2-6-18-13/h1-7,9H,8H2,(H,20,21). The number of aromatic nitrogens is 2. The molecule has 0 fully saturated rings. The Balaban J connectivity index is 2.25. The molecule has 3 rings (SSSR count). The summed E-state index contributed by atoms with van der Waals surface area (Å²) < 4.78 is 0.905. The molecule has 3 aromatic rings. The van der Waals surface area contributed by atoms with E-state index in [2.05, 4.69) is 25.9 Å². The van der Waals surface area contributed by atoms with E-state index in [1.54, 1.807) is 12.3 Å². The van der Waals surface area contributed by atoms with Gasteiger partial charge in [-0.1, -0.05) is 28.1 Å². The molecule has 0 aliphatic carbocycles. The van der Waals surface area contributed by atoms with Gasteiger partial charge in [-0.15, -0.1) is 0 Å². The van der Waals surface area contributed by atoms with E-state index < -0.39 is 5.97 Å². The molecule has 0 radical (unpaired) electrons. The van der Waals surface area contributed by atoms with Crippen molar-refractivity contribution in [3.63, 3.8) is 0 Å². The molecule has 0 saturated heterocycles. The van der Waals surface area contributed by atoms with Crippen LogP contribution in [0.3, 0.4) is 0 Å². The van der Waals surface area contributed by atoms with E-state index in [1.807, 2.05) is 36.4 Å². The second kappa shape index (κ2) is 5.61. The highest BCUT2D eigenvalue weighted by Gasteiger charge is 2.11. The van der Waals surface area contributed by atoms with Crippen LogP contribution in [-0.4, -0.2) is 21.0 Å². The van der Waals surface area contributed by atoms with Crippen LogP contribution < -0.4 is 0 Å². The first kappa shape index (κ1) is 13.7. The first-order valence-corrected chi connectivity index (χ1v) is 7.15. The van der Waals surface area contributed by atoms with Crippen LogP contribution >= 0.6 is 15.9 Å². The molecular formula is C16H11BrN2O2. The second-order valence-corrected chi connectivity index (χ2v) is 5.53. The highest BCUT2D eigenvalue weighted by Crippen LogP contribution is 2.26. The number of nitrogens with zero attached hydrogens (tertiary/aromatic N) is 2. The fraction of sp³-hybridized carbons (Fsp3) is 0.0625. The number of hydrogen-bond acceptors (Lipinski definition) is 3. The zero-order valence-corrected chi connectivity index (χ0v) is 12.5. The van der Waals surface area contributed by atoms with Crippen LogP contribution in [0.2, 0.25) is 0 Å². The maximum absolute atomic E-state index is 11.1. The number of fused-ring (bicyclic) bond motifs is 1. The monoisotopic (exact) mass is 342 g/mol. The number of benzene rings is 1. The molecule has 2 heterocycles. The van der Waals surface area contributed by atoms with E-state index in [-0.39, 0.29) is 6.42 Å². The summed E-state index contributed by atoms with van der Waals surface area (Å²) in [6.45, 7) is 0. The molecule has 0 saturated carbocycles. The van der Waals surface area contributed by atoms with Crippen molar-refractivity contribution in [2.75, 3.05) is 0 Å². The third-order valence-electron chi connectivity index (χ3n) is 3.13. The average molecular weight is 343 g/mol. The summed E-state index contributed by atoms with van der Waals surface area (Å²) in [5.41, 5.74) is 2.90. The highest BCUT2D eigenvalue weighted by atomic mass is 79.9. The lowest BCUT2D eigenvalue weighted by Crippen LogP contribution is -2.02. The molecule has 1 aromatic carbocycles. The van der Waals surface area contributed by atoms with Gasteiger partial charge < -0.3 is 5.11 Å². The van der Waals surface area contributed by atoms with E-state index in [9.17, 15) is 4.79 Å². The molecule has 4 nitrogen and oxygen atoms in total. The van der Waals surface area contributed by atoms with Crippen LogP contribution in [0.25, 0.3) is 22.3 Å². The van der Waals surface area contributed by atoms with Crippen molar-refractivity contribution in [1.29, 1.82) is 0 Å². The first-order chi connectivity index (χ1) is 10.1. The summed E-state index contributed by atoms with van der Waals surface area (Å²) >= 11 is 3.42. The molecule has 5 heteroatoms. The van der Waals surface area contributed by atoms with Crippen molar-refractivity contribution in [3.8, 4) is 11.4 Å². The Labute approximate surface area is 129 Å². The van der Waals surface area contributed by atoms with Gasteiger partial charge in [0.15, 0.2) is 0 Å². The zero-order valence-electron chi connectivity index (χ0n) is 11.0. The van der Waals surface area contributed by atoms with Gasteiger partial charge in [-0.2, -0.15) is 0 Å². The van der Waals surface area contributed by atoms with Gasteiger partial charge in [-0.05, 0) is 35.9 Å². The molecular weight excluding hydrogens is 332 g/mol. The van der Waals surface area contributed by atoms with Gasteiger partial charge in [0.25, 0.3) is 0 Å². The molecule has 104 valence electrons. The highest BCUT2D eigenvalue weighted by molar-refractivity contribution is 9.10. The molecule has 21 heavy (non-hydrogen) atoms. The van der Waals surface area contributed by atoms with Crippen molar-refractivity contribution in [3.05, 3.63) is 58.7 Å². The van der Waals surface area contributed by atoms with E-state index in [4.69, 9.17) is 5.11 Å². The number of carboxylic acid groups (broad SMARTS) is 1. The van der Waals surface area contributed by atoms with Gasteiger partial charge in [0.2, 0.25) is 0 Å². The average Bonchev–Trinajstić information content (AvgIpc) is 2.47. The van der Waals surface area contributed by atoms with E-state index in [0.29, 0.717) is 5.69 Å². The van der Waals surface area contributed by atoms with Gasteiger partial charge in [0.05, 0.1) is 23.3 Å². The lowest BCUT2D eigenvalue weighted by Gasteiger charge is -2.08. The fourth-order valence-electron chi connectivity index (χ4n) is 2.23. The summed E-state index contributed by atoms with van der Waals surface area (Å²) in [5, 5.41) is 9.94. The number of carbonyl (C=O) groups is 1. The first-order valence-electron chi connectivity index (χ1n) is 6.36. The van der Waals surface area contributed by atoms with Crippen LogP contribution in [0.4, 0.5) is 0 Å². The van der Waals surface area contributed by atoms with Gasteiger partial charge in [0.1, 0.15) is 0 Å². The molecule has 0 aliphatic heterocycles. The largest absolute Gasteiger partial charge is 0.481 e. The Morgan fingerprint density at radius 2 is 2.00 bits per heavy atom. The maximum atomic E-state index is 11.1. The Hall–Kier alpha value is -2.27. The van der Waals surface area contributed by atoms with Crippen molar-refractivity contribution < 1.29 is 9.90 Å². The predicted molar refractivity (Wildman–Crippen MR) is 84.0 cm³/mol. The van der Waals surface area contributed by atoms with Gasteiger partial charge >= 0.3 is 5.97 Å². The number of rotatable bonds is 3. The minimum atomic E-state index is -0.864. The van der Waals surface area contributed by atoms with Crippen molar-refractivity contribution in [2.24, 2.45) is 0 Å². The zero-order chi connectivity index (χ0) is 14.8. The second-order valence-electron chi connectivity index (χ2n) is 4.61. The molecule has 0 amide bonds. The molecule has 2 aromatic heterocycles. The SMILES string of the molecule is O=C(O)Cc1cc(-c2ccccn2)nc2cc(Br)ccc12. The Morgan fingerprint density at radius 3 is 2.71 bits per heavy atom. The normalized spacial score (nSPS) is 10.7. The number of pyridine rings is 2. The molecule has 0 bridgehead atoms. The minimum Gasteiger partial charge on any atom is -0.481 e. The summed E-state index contributed by atoms with van der Waals surface area (Å²) in [6.07, 6.45) is 1.65. The summed E-state index contributed by atoms with van der Waals surface area (Å²) in [5.74, 6) is -0.864. The number of halogens is 1. The van der Waals surface area contributed by atoms with E-state index in [1.165, 1.54) is 0 Å². The van der Waals surface area contributed by atoms with Crippen LogP contribution in [-0.2, 0) is 11.2 Å². The summed E-state index contributed by atoms with van der Waals surface area (Å²) in [7, 11) is 0. The molecule has 1 N–H and O–H groups in total. The van der Waals surface area contributed by atoms with Gasteiger partial charge in [0, 0.05) is 16.1 Å². The van der Waals surface area contributed by atoms with Crippen molar-refractivity contribution in [2.45, 2.75) is 6.42 Å². The lowest BCUT2D eigenvalue weighted by molar-refractivity contribution is -0.136. The van der Waals surface area contributed by atoms with E-state index >= 15 is 0 Å². The molecule has 0 unspecified atom stereocenters. The number of hydrogen-bond donors (Lipinski definition) is 1. The summed E-state index contributed by atoms with van der Waals surface area (Å²) in [6, 6.07) is 13.0. The van der Waals surface area contributed by atoms with Gasteiger partial charge in [-0.25, -0.2) is 4.98 Å². The van der Waals surface area contributed by atoms with Crippen molar-refractivity contribution >= 4 is 32.8 Å². The van der Waals surface area contributed by atoms with Crippen LogP contribution in [0, 0.1) is 0 Å². The number of aliphatic carboxylic acids is 1. The molecule has 0 atom stereocenters. The lowest BCUT2D eigenvalue weighted by atomic mass is 10.0. The van der Waals surface area contributed by atoms with Gasteiger partial charge in [-0.3, -0.25) is 9.78 Å². The predicted octanol–water partition coefficient (Wildman–Crippen LogP) is 3.69. The van der Waals surface area contributed by atoms with E-state index in [0.717, 1.165) is 26.6 Å². The van der Waals surface area contributed by atoms with Crippen LogP contribution in [0.5, 0.6) is 0 Å². The minimum absolute atomic E-state index is 0.0412. The number of carboxylic acids is 1. The smallest absolute Gasteiger partial charge is 0.307 e.